The quantitative estimate of drug-likeness (QED) is 0.627. The first-order valence-electron chi connectivity index (χ1n) is 8.14. The standard InChI is InChI=1S/C18H15F2NO8S/c1-26-14-7-10(3-6-16(22)23)8-15(17(14)27-2)30(24,25)21-11-4-5-12-13(9-11)29-18(19,20)28-12/h3-9,21H,1-2H3,(H,22,23)/b6-3+. The fourth-order valence-corrected chi connectivity index (χ4v) is 3.90. The van der Waals surface area contributed by atoms with E-state index in [-0.39, 0.29) is 39.1 Å². The number of methoxy groups -OCH3 is 2. The first-order valence-corrected chi connectivity index (χ1v) is 9.63. The molecule has 160 valence electrons. The number of rotatable bonds is 7. The first-order chi connectivity index (χ1) is 14.0. The number of halogens is 2. The largest absolute Gasteiger partial charge is 0.586 e. The fraction of sp³-hybridized carbons (Fsp3) is 0.167. The van der Waals surface area contributed by atoms with E-state index in [0.29, 0.717) is 0 Å². The van der Waals surface area contributed by atoms with Gasteiger partial charge in [-0.15, -0.1) is 8.78 Å². The van der Waals surface area contributed by atoms with Gasteiger partial charge in [-0.1, -0.05) is 0 Å². The van der Waals surface area contributed by atoms with E-state index in [2.05, 4.69) is 14.2 Å². The van der Waals surface area contributed by atoms with Crippen LogP contribution < -0.4 is 23.7 Å². The average molecular weight is 443 g/mol. The van der Waals surface area contributed by atoms with E-state index in [1.807, 2.05) is 0 Å². The Morgan fingerprint density at radius 3 is 2.47 bits per heavy atom. The number of carboxylic acids is 1. The number of fused-ring (bicyclic) bond motifs is 1. The minimum Gasteiger partial charge on any atom is -0.493 e. The van der Waals surface area contributed by atoms with Crippen molar-refractivity contribution in [1.82, 2.24) is 0 Å². The first kappa shape index (κ1) is 21.2. The van der Waals surface area contributed by atoms with Crippen LogP contribution in [0.4, 0.5) is 14.5 Å². The van der Waals surface area contributed by atoms with E-state index in [9.17, 15) is 22.0 Å². The average Bonchev–Trinajstić information content (AvgIpc) is 2.98. The summed E-state index contributed by atoms with van der Waals surface area (Å²) in [6.45, 7) is 0. The zero-order valence-corrected chi connectivity index (χ0v) is 16.3. The number of alkyl halides is 2. The van der Waals surface area contributed by atoms with Gasteiger partial charge in [0.1, 0.15) is 4.90 Å². The Bertz CT molecular complexity index is 1130. The number of benzene rings is 2. The molecule has 2 aromatic rings. The number of hydrogen-bond acceptors (Lipinski definition) is 7. The Labute approximate surface area is 169 Å². The lowest BCUT2D eigenvalue weighted by molar-refractivity contribution is -0.286. The summed E-state index contributed by atoms with van der Waals surface area (Å²) in [7, 11) is -1.81. The molecule has 0 atom stereocenters. The molecule has 3 rings (SSSR count). The molecule has 0 amide bonds. The maximum absolute atomic E-state index is 13.2. The van der Waals surface area contributed by atoms with Gasteiger partial charge in [-0.25, -0.2) is 13.2 Å². The van der Waals surface area contributed by atoms with Gasteiger partial charge in [0.15, 0.2) is 23.0 Å². The summed E-state index contributed by atoms with van der Waals surface area (Å²) >= 11 is 0. The van der Waals surface area contributed by atoms with Gasteiger partial charge >= 0.3 is 12.3 Å². The van der Waals surface area contributed by atoms with Gasteiger partial charge < -0.3 is 24.1 Å². The van der Waals surface area contributed by atoms with Gasteiger partial charge in [0.25, 0.3) is 10.0 Å². The summed E-state index contributed by atoms with van der Waals surface area (Å²) in [5.41, 5.74) is 0.128. The van der Waals surface area contributed by atoms with Crippen LogP contribution in [0.25, 0.3) is 6.08 Å². The van der Waals surface area contributed by atoms with Crippen LogP contribution in [-0.4, -0.2) is 40.0 Å². The molecule has 30 heavy (non-hydrogen) atoms. The lowest BCUT2D eigenvalue weighted by Gasteiger charge is -2.15. The Balaban J connectivity index is 2.01. The van der Waals surface area contributed by atoms with Crippen molar-refractivity contribution in [1.29, 1.82) is 0 Å². The number of carbonyl (C=O) groups is 1. The van der Waals surface area contributed by atoms with Crippen LogP contribution in [0.1, 0.15) is 5.56 Å². The molecular weight excluding hydrogens is 428 g/mol. The summed E-state index contributed by atoms with van der Waals surface area (Å²) in [5.74, 6) is -1.92. The van der Waals surface area contributed by atoms with Crippen molar-refractivity contribution in [2.75, 3.05) is 18.9 Å². The highest BCUT2D eigenvalue weighted by atomic mass is 32.2. The topological polar surface area (TPSA) is 120 Å². The van der Waals surface area contributed by atoms with Gasteiger partial charge in [-0.05, 0) is 35.9 Å². The van der Waals surface area contributed by atoms with Gasteiger partial charge in [0, 0.05) is 12.1 Å². The highest BCUT2D eigenvalue weighted by molar-refractivity contribution is 7.92. The second-order valence-corrected chi connectivity index (χ2v) is 7.51. The Hall–Kier alpha value is -3.54. The molecule has 0 radical (unpaired) electrons. The lowest BCUT2D eigenvalue weighted by Crippen LogP contribution is -2.25. The van der Waals surface area contributed by atoms with Crippen molar-refractivity contribution in [3.05, 3.63) is 42.0 Å². The predicted molar refractivity (Wildman–Crippen MR) is 99.7 cm³/mol. The van der Waals surface area contributed by atoms with Gasteiger partial charge in [-0.2, -0.15) is 0 Å². The number of aliphatic carboxylic acids is 1. The molecule has 0 aliphatic carbocycles. The van der Waals surface area contributed by atoms with Crippen molar-refractivity contribution in [2.24, 2.45) is 0 Å². The SMILES string of the molecule is COc1cc(/C=C/C(=O)O)cc(S(=O)(=O)Nc2ccc3c(c2)OC(F)(F)O3)c1OC. The van der Waals surface area contributed by atoms with Crippen LogP contribution in [0.2, 0.25) is 0 Å². The normalized spacial score (nSPS) is 14.5. The van der Waals surface area contributed by atoms with E-state index < -0.39 is 22.3 Å². The summed E-state index contributed by atoms with van der Waals surface area (Å²) in [6.07, 6.45) is -1.85. The Morgan fingerprint density at radius 1 is 1.13 bits per heavy atom. The second-order valence-electron chi connectivity index (χ2n) is 5.86. The molecule has 0 saturated heterocycles. The minimum absolute atomic E-state index is 0.0377. The molecule has 0 bridgehead atoms. The third-order valence-corrected chi connectivity index (χ3v) is 5.22. The molecule has 9 nitrogen and oxygen atoms in total. The Kier molecular flexibility index (Phi) is 5.44. The van der Waals surface area contributed by atoms with Crippen molar-refractivity contribution >= 4 is 27.8 Å². The molecule has 1 aliphatic rings. The van der Waals surface area contributed by atoms with Gasteiger partial charge in [0.2, 0.25) is 0 Å². The van der Waals surface area contributed by atoms with Crippen molar-refractivity contribution in [3.8, 4) is 23.0 Å². The summed E-state index contributed by atoms with van der Waals surface area (Å²) in [5, 5.41) is 8.79. The zero-order chi connectivity index (χ0) is 22.1. The van der Waals surface area contributed by atoms with Crippen LogP contribution in [-0.2, 0) is 14.8 Å². The fourth-order valence-electron chi connectivity index (χ4n) is 2.64. The van der Waals surface area contributed by atoms with Crippen LogP contribution in [0.3, 0.4) is 0 Å². The summed E-state index contributed by atoms with van der Waals surface area (Å²) in [6, 6.07) is 5.92. The third-order valence-electron chi connectivity index (χ3n) is 3.83. The molecule has 12 heteroatoms. The molecular formula is C18H15F2NO8S. The van der Waals surface area contributed by atoms with Crippen molar-refractivity contribution in [3.63, 3.8) is 0 Å². The maximum Gasteiger partial charge on any atom is 0.586 e. The molecule has 2 N–H and O–H groups in total. The molecule has 0 aromatic heterocycles. The number of ether oxygens (including phenoxy) is 4. The van der Waals surface area contributed by atoms with Crippen LogP contribution in [0.15, 0.2) is 41.3 Å². The van der Waals surface area contributed by atoms with Crippen LogP contribution in [0.5, 0.6) is 23.0 Å². The summed E-state index contributed by atoms with van der Waals surface area (Å²) < 4.78 is 73.3. The third kappa shape index (κ3) is 4.38. The molecule has 2 aromatic carbocycles. The Morgan fingerprint density at radius 2 is 1.83 bits per heavy atom. The molecule has 0 saturated carbocycles. The number of sulfonamides is 1. The predicted octanol–water partition coefficient (Wildman–Crippen LogP) is 2.92. The molecule has 0 spiro atoms. The number of carboxylic acid groups (broad SMARTS) is 1. The smallest absolute Gasteiger partial charge is 0.493 e. The van der Waals surface area contributed by atoms with E-state index in [1.165, 1.54) is 38.5 Å². The maximum atomic E-state index is 13.2. The van der Waals surface area contributed by atoms with Gasteiger partial charge in [0.05, 0.1) is 19.9 Å². The number of nitrogens with one attached hydrogen (secondary N) is 1. The second kappa shape index (κ2) is 7.71. The highest BCUT2D eigenvalue weighted by Gasteiger charge is 2.43. The molecule has 0 unspecified atom stereocenters. The van der Waals surface area contributed by atoms with Crippen LogP contribution in [0, 0.1) is 0 Å². The van der Waals surface area contributed by atoms with Gasteiger partial charge in [-0.3, -0.25) is 4.72 Å². The van der Waals surface area contributed by atoms with E-state index in [4.69, 9.17) is 14.6 Å². The van der Waals surface area contributed by atoms with E-state index >= 15 is 0 Å². The minimum atomic E-state index is -4.32. The molecule has 0 fully saturated rings. The highest BCUT2D eigenvalue weighted by Crippen LogP contribution is 2.43. The van der Waals surface area contributed by atoms with Crippen molar-refractivity contribution in [2.45, 2.75) is 11.2 Å². The van der Waals surface area contributed by atoms with E-state index in [1.54, 1.807) is 0 Å². The number of hydrogen-bond donors (Lipinski definition) is 2. The van der Waals surface area contributed by atoms with Crippen LogP contribution >= 0.6 is 0 Å². The van der Waals surface area contributed by atoms with Crippen molar-refractivity contribution < 1.29 is 46.0 Å². The van der Waals surface area contributed by atoms with E-state index in [0.717, 1.165) is 18.2 Å². The number of anilines is 1. The summed E-state index contributed by atoms with van der Waals surface area (Å²) in [4.78, 5) is 10.4. The molecule has 1 heterocycles. The monoisotopic (exact) mass is 443 g/mol. The molecule has 1 aliphatic heterocycles. The lowest BCUT2D eigenvalue weighted by atomic mass is 10.2. The zero-order valence-electron chi connectivity index (χ0n) is 15.5.